The number of piperazine rings is 1. The van der Waals surface area contributed by atoms with Gasteiger partial charge in [0.1, 0.15) is 17.2 Å². The third-order valence-electron chi connectivity index (χ3n) is 5.52. The molecular formula is C22H19F3N4O2. The lowest BCUT2D eigenvalue weighted by atomic mass is 10.1. The van der Waals surface area contributed by atoms with Crippen molar-refractivity contribution in [2.24, 2.45) is 0 Å². The zero-order chi connectivity index (χ0) is 21.6. The van der Waals surface area contributed by atoms with Crippen molar-refractivity contribution in [2.45, 2.75) is 6.18 Å². The van der Waals surface area contributed by atoms with Crippen LogP contribution in [0.2, 0.25) is 0 Å². The minimum absolute atomic E-state index is 0.242. The third-order valence-corrected chi connectivity index (χ3v) is 5.52. The summed E-state index contributed by atoms with van der Waals surface area (Å²) in [7, 11) is 1.52. The molecule has 1 aliphatic heterocycles. The second-order valence-corrected chi connectivity index (χ2v) is 7.37. The van der Waals surface area contributed by atoms with Crippen LogP contribution in [0.4, 0.5) is 24.7 Å². The molecule has 9 heteroatoms. The van der Waals surface area contributed by atoms with Crippen molar-refractivity contribution in [2.75, 3.05) is 43.1 Å². The normalized spacial score (nSPS) is 15.1. The Balaban J connectivity index is 1.46. The molecule has 0 spiro atoms. The first kappa shape index (κ1) is 19.5. The molecule has 0 bridgehead atoms. The Bertz CT molecular complexity index is 1250. The Kier molecular flexibility index (Phi) is 4.60. The summed E-state index contributed by atoms with van der Waals surface area (Å²) in [5, 5.41) is 1.56. The van der Waals surface area contributed by atoms with Crippen LogP contribution in [0.3, 0.4) is 0 Å². The van der Waals surface area contributed by atoms with Crippen LogP contribution >= 0.6 is 0 Å². The number of ether oxygens (including phenoxy) is 1. The van der Waals surface area contributed by atoms with E-state index in [2.05, 4.69) is 20.9 Å². The fraction of sp³-hybridized carbons (Fsp3) is 0.273. The van der Waals surface area contributed by atoms with E-state index in [4.69, 9.17) is 9.15 Å². The lowest BCUT2D eigenvalue weighted by Gasteiger charge is -2.37. The highest BCUT2D eigenvalue weighted by atomic mass is 19.4. The Morgan fingerprint density at radius 3 is 2.45 bits per heavy atom. The number of fused-ring (bicyclic) bond motifs is 2. The molecule has 0 radical (unpaired) electrons. The van der Waals surface area contributed by atoms with E-state index >= 15 is 0 Å². The van der Waals surface area contributed by atoms with Crippen LogP contribution in [0.5, 0.6) is 5.75 Å². The predicted octanol–water partition coefficient (Wildman–Crippen LogP) is 4.73. The minimum Gasteiger partial charge on any atom is -0.497 e. The molecule has 3 heterocycles. The number of rotatable bonds is 3. The lowest BCUT2D eigenvalue weighted by Crippen LogP contribution is -2.47. The molecule has 160 valence electrons. The van der Waals surface area contributed by atoms with Crippen LogP contribution in [0, 0.1) is 0 Å². The maximum atomic E-state index is 13.4. The fourth-order valence-corrected chi connectivity index (χ4v) is 3.91. The highest BCUT2D eigenvalue weighted by Gasteiger charge is 2.36. The van der Waals surface area contributed by atoms with Gasteiger partial charge in [-0.05, 0) is 42.5 Å². The van der Waals surface area contributed by atoms with E-state index in [0.29, 0.717) is 37.3 Å². The van der Waals surface area contributed by atoms with E-state index in [1.54, 1.807) is 18.4 Å². The number of anilines is 2. The maximum Gasteiger partial charge on any atom is 0.451 e. The second kappa shape index (κ2) is 7.33. The summed E-state index contributed by atoms with van der Waals surface area (Å²) in [5.41, 5.74) is 2.12. The average Bonchev–Trinajstić information content (AvgIpc) is 3.25. The summed E-state index contributed by atoms with van der Waals surface area (Å²) in [6.45, 7) is 2.37. The first-order valence-corrected chi connectivity index (χ1v) is 9.82. The number of nitrogens with zero attached hydrogens (tertiary/aromatic N) is 4. The lowest BCUT2D eigenvalue weighted by molar-refractivity contribution is -0.144. The van der Waals surface area contributed by atoms with E-state index in [1.165, 1.54) is 13.2 Å². The largest absolute Gasteiger partial charge is 0.497 e. The molecule has 2 aromatic carbocycles. The van der Waals surface area contributed by atoms with E-state index in [1.807, 2.05) is 23.1 Å². The first-order valence-electron chi connectivity index (χ1n) is 9.82. The molecular weight excluding hydrogens is 409 g/mol. The molecule has 0 atom stereocenters. The van der Waals surface area contributed by atoms with Gasteiger partial charge in [-0.3, -0.25) is 0 Å². The molecule has 31 heavy (non-hydrogen) atoms. The number of benzene rings is 2. The summed E-state index contributed by atoms with van der Waals surface area (Å²) < 4.78 is 50.9. The summed E-state index contributed by atoms with van der Waals surface area (Å²) in [6.07, 6.45) is -2.97. The van der Waals surface area contributed by atoms with Crippen molar-refractivity contribution >= 4 is 33.4 Å². The topological polar surface area (TPSA) is 54.6 Å². The van der Waals surface area contributed by atoms with Crippen molar-refractivity contribution in [3.8, 4) is 5.75 Å². The maximum absolute atomic E-state index is 13.4. The van der Waals surface area contributed by atoms with Crippen molar-refractivity contribution in [3.05, 3.63) is 54.6 Å². The third kappa shape index (κ3) is 3.60. The van der Waals surface area contributed by atoms with Gasteiger partial charge in [-0.2, -0.15) is 13.2 Å². The van der Waals surface area contributed by atoms with Gasteiger partial charge in [0.25, 0.3) is 0 Å². The fourth-order valence-electron chi connectivity index (χ4n) is 3.91. The Labute approximate surface area is 175 Å². The Morgan fingerprint density at radius 2 is 1.71 bits per heavy atom. The second-order valence-electron chi connectivity index (χ2n) is 7.37. The molecule has 4 aromatic rings. The van der Waals surface area contributed by atoms with Crippen molar-refractivity contribution < 1.29 is 22.3 Å². The molecule has 0 amide bonds. The summed E-state index contributed by atoms with van der Waals surface area (Å²) in [6, 6.07) is 12.7. The van der Waals surface area contributed by atoms with Gasteiger partial charge < -0.3 is 19.0 Å². The van der Waals surface area contributed by atoms with Crippen LogP contribution < -0.4 is 14.5 Å². The van der Waals surface area contributed by atoms with Crippen LogP contribution in [-0.2, 0) is 6.18 Å². The number of hydrogen-bond donors (Lipinski definition) is 0. The van der Waals surface area contributed by atoms with Crippen molar-refractivity contribution in [3.63, 3.8) is 0 Å². The molecule has 0 saturated carbocycles. The molecule has 1 fully saturated rings. The first-order chi connectivity index (χ1) is 14.9. The summed E-state index contributed by atoms with van der Waals surface area (Å²) >= 11 is 0. The van der Waals surface area contributed by atoms with E-state index in [9.17, 15) is 13.2 Å². The monoisotopic (exact) mass is 428 g/mol. The van der Waals surface area contributed by atoms with E-state index in [-0.39, 0.29) is 11.3 Å². The van der Waals surface area contributed by atoms with Gasteiger partial charge in [0.05, 0.1) is 18.9 Å². The van der Waals surface area contributed by atoms with E-state index in [0.717, 1.165) is 16.7 Å². The summed E-state index contributed by atoms with van der Waals surface area (Å²) in [5.74, 6) is -0.307. The van der Waals surface area contributed by atoms with Crippen LogP contribution in [0.1, 0.15) is 5.82 Å². The van der Waals surface area contributed by atoms with Gasteiger partial charge in [0.15, 0.2) is 0 Å². The molecule has 0 N–H and O–H groups in total. The minimum atomic E-state index is -4.62. The zero-order valence-electron chi connectivity index (χ0n) is 16.7. The number of aromatic nitrogens is 2. The number of hydrogen-bond acceptors (Lipinski definition) is 6. The van der Waals surface area contributed by atoms with Crippen LogP contribution in [0.15, 0.2) is 53.1 Å². The van der Waals surface area contributed by atoms with Gasteiger partial charge in [-0.1, -0.05) is 0 Å². The van der Waals surface area contributed by atoms with Gasteiger partial charge in [-0.25, -0.2) is 9.97 Å². The average molecular weight is 428 g/mol. The van der Waals surface area contributed by atoms with Gasteiger partial charge in [-0.15, -0.1) is 0 Å². The van der Waals surface area contributed by atoms with Crippen LogP contribution in [0.25, 0.3) is 21.9 Å². The van der Waals surface area contributed by atoms with Gasteiger partial charge >= 0.3 is 6.18 Å². The highest BCUT2D eigenvalue weighted by Crippen LogP contribution is 2.34. The van der Waals surface area contributed by atoms with Crippen LogP contribution in [-0.4, -0.2) is 43.3 Å². The van der Waals surface area contributed by atoms with E-state index < -0.39 is 12.0 Å². The standard InChI is InChI=1S/C22H19F3N4O2/c1-30-16-3-4-18-17(13-16)20(27-21(26-18)22(23,24)25)29-9-7-28(8-10-29)15-2-5-19-14(12-15)6-11-31-19/h2-6,11-13H,7-10H2,1H3. The number of furan rings is 1. The SMILES string of the molecule is COc1ccc2nc(C(F)(F)F)nc(N3CCN(c4ccc5occc5c4)CC3)c2c1. The van der Waals surface area contributed by atoms with Crippen molar-refractivity contribution in [1.82, 2.24) is 9.97 Å². The summed E-state index contributed by atoms with van der Waals surface area (Å²) in [4.78, 5) is 11.7. The molecule has 1 aliphatic rings. The highest BCUT2D eigenvalue weighted by molar-refractivity contribution is 5.91. The molecule has 6 nitrogen and oxygen atoms in total. The number of methoxy groups -OCH3 is 1. The van der Waals surface area contributed by atoms with Crippen molar-refractivity contribution in [1.29, 1.82) is 0 Å². The molecule has 0 unspecified atom stereocenters. The van der Waals surface area contributed by atoms with Gasteiger partial charge in [0.2, 0.25) is 5.82 Å². The molecule has 1 saturated heterocycles. The Morgan fingerprint density at radius 1 is 0.935 bits per heavy atom. The number of alkyl halides is 3. The molecule has 0 aliphatic carbocycles. The zero-order valence-corrected chi connectivity index (χ0v) is 16.7. The van der Waals surface area contributed by atoms with Gasteiger partial charge in [0, 0.05) is 42.6 Å². The number of halogens is 3. The molecule has 2 aromatic heterocycles. The Hall–Kier alpha value is -3.49. The predicted molar refractivity (Wildman–Crippen MR) is 112 cm³/mol. The molecule has 5 rings (SSSR count). The quantitative estimate of drug-likeness (QED) is 0.470. The smallest absolute Gasteiger partial charge is 0.451 e.